The number of rotatable bonds is 0. The van der Waals surface area contributed by atoms with Crippen LogP contribution in [-0.4, -0.2) is 0 Å². The molecule has 0 spiro atoms. The molecule has 0 nitrogen and oxygen atoms in total. The van der Waals surface area contributed by atoms with Crippen molar-refractivity contribution in [3.05, 3.63) is 0 Å². The highest BCUT2D eigenvalue weighted by atomic mass is 14.9. The van der Waals surface area contributed by atoms with E-state index in [2.05, 4.69) is 34.6 Å². The van der Waals surface area contributed by atoms with E-state index in [-0.39, 0.29) is 0 Å². The van der Waals surface area contributed by atoms with Crippen LogP contribution in [0, 0.1) is 28.6 Å². The van der Waals surface area contributed by atoms with E-state index < -0.39 is 0 Å². The first-order valence-corrected chi connectivity index (χ1v) is 4.40. The zero-order valence-corrected chi connectivity index (χ0v) is 7.73. The Morgan fingerprint density at radius 2 is 1.60 bits per heavy atom. The summed E-state index contributed by atoms with van der Waals surface area (Å²) in [5.41, 5.74) is 1.35. The van der Waals surface area contributed by atoms with Crippen molar-refractivity contribution in [3.63, 3.8) is 0 Å². The molecule has 2 rings (SSSR count). The predicted molar refractivity (Wildman–Crippen MR) is 43.7 cm³/mol. The maximum atomic E-state index is 2.46. The minimum absolute atomic E-state index is 0.575. The van der Waals surface area contributed by atoms with E-state index in [1.54, 1.807) is 0 Å². The Labute approximate surface area is 64.0 Å². The van der Waals surface area contributed by atoms with Gasteiger partial charge in [-0.25, -0.2) is 0 Å². The highest BCUT2D eigenvalue weighted by molar-refractivity contribution is 5.29. The summed E-state index contributed by atoms with van der Waals surface area (Å²) in [6.07, 6.45) is 0. The standard InChI is InChI=1S/C10H18/c1-6-7-8(9(2,3)4)10(6,7)5/h6-8H,1-5H3. The van der Waals surface area contributed by atoms with Crippen LogP contribution in [0.1, 0.15) is 34.6 Å². The third-order valence-corrected chi connectivity index (χ3v) is 3.98. The molecule has 2 fully saturated rings. The number of hydrogen-bond donors (Lipinski definition) is 0. The van der Waals surface area contributed by atoms with Gasteiger partial charge in [0.15, 0.2) is 0 Å². The molecular formula is C10H18. The third kappa shape index (κ3) is 0.500. The number of fused-ring (bicyclic) bond motifs is 1. The van der Waals surface area contributed by atoms with Gasteiger partial charge < -0.3 is 0 Å². The molecule has 0 saturated heterocycles. The van der Waals surface area contributed by atoms with Crippen molar-refractivity contribution < 1.29 is 0 Å². The third-order valence-electron chi connectivity index (χ3n) is 3.98. The fourth-order valence-corrected chi connectivity index (χ4v) is 3.29. The minimum Gasteiger partial charge on any atom is -0.0617 e. The maximum Gasteiger partial charge on any atom is -0.0227 e. The fourth-order valence-electron chi connectivity index (χ4n) is 3.29. The van der Waals surface area contributed by atoms with Gasteiger partial charge in [-0.1, -0.05) is 34.6 Å². The summed E-state index contributed by atoms with van der Waals surface area (Å²) in [7, 11) is 0. The SMILES string of the molecule is CC1C2C(C(C)(C)C)C12C. The van der Waals surface area contributed by atoms with Crippen molar-refractivity contribution in [3.8, 4) is 0 Å². The molecule has 58 valence electrons. The maximum absolute atomic E-state index is 2.46. The zero-order valence-electron chi connectivity index (χ0n) is 7.73. The largest absolute Gasteiger partial charge is 0.0617 e. The summed E-state index contributed by atoms with van der Waals surface area (Å²) in [5, 5.41) is 0. The highest BCUT2D eigenvalue weighted by Gasteiger charge is 2.83. The van der Waals surface area contributed by atoms with E-state index in [4.69, 9.17) is 0 Å². The molecule has 0 aromatic heterocycles. The minimum atomic E-state index is 0.575. The average Bonchev–Trinajstić information content (AvgIpc) is 2.48. The van der Waals surface area contributed by atoms with Crippen molar-refractivity contribution in [1.82, 2.24) is 0 Å². The second-order valence-corrected chi connectivity index (χ2v) is 5.52. The first-order valence-electron chi connectivity index (χ1n) is 4.40. The predicted octanol–water partition coefficient (Wildman–Crippen LogP) is 2.93. The van der Waals surface area contributed by atoms with E-state index in [0.29, 0.717) is 5.41 Å². The molecule has 0 aromatic rings. The van der Waals surface area contributed by atoms with Crippen LogP contribution in [0.4, 0.5) is 0 Å². The summed E-state index contributed by atoms with van der Waals surface area (Å²) >= 11 is 0. The van der Waals surface area contributed by atoms with Crippen LogP contribution in [0.25, 0.3) is 0 Å². The van der Waals surface area contributed by atoms with Gasteiger partial charge in [-0.2, -0.15) is 0 Å². The Morgan fingerprint density at radius 1 is 1.20 bits per heavy atom. The van der Waals surface area contributed by atoms with Gasteiger partial charge in [-0.05, 0) is 28.6 Å². The van der Waals surface area contributed by atoms with Crippen LogP contribution in [0.2, 0.25) is 0 Å². The van der Waals surface area contributed by atoms with Crippen LogP contribution in [0.15, 0.2) is 0 Å². The van der Waals surface area contributed by atoms with Crippen LogP contribution in [0.3, 0.4) is 0 Å². The molecule has 0 radical (unpaired) electrons. The fraction of sp³-hybridized carbons (Fsp3) is 1.00. The van der Waals surface area contributed by atoms with Crippen LogP contribution in [-0.2, 0) is 0 Å². The lowest BCUT2D eigenvalue weighted by molar-refractivity contribution is 0.222. The van der Waals surface area contributed by atoms with Gasteiger partial charge in [-0.15, -0.1) is 0 Å². The lowest BCUT2D eigenvalue weighted by Crippen LogP contribution is -2.20. The lowest BCUT2D eigenvalue weighted by Gasteiger charge is -2.26. The molecule has 2 aliphatic carbocycles. The molecule has 0 amide bonds. The van der Waals surface area contributed by atoms with Crippen molar-refractivity contribution in [2.24, 2.45) is 28.6 Å². The van der Waals surface area contributed by atoms with E-state index in [1.807, 2.05) is 0 Å². The van der Waals surface area contributed by atoms with Crippen molar-refractivity contribution in [1.29, 1.82) is 0 Å². The molecule has 0 bridgehead atoms. The Morgan fingerprint density at radius 3 is 1.70 bits per heavy atom. The monoisotopic (exact) mass is 138 g/mol. The van der Waals surface area contributed by atoms with Crippen LogP contribution < -0.4 is 0 Å². The van der Waals surface area contributed by atoms with Crippen LogP contribution >= 0.6 is 0 Å². The summed E-state index contributed by atoms with van der Waals surface area (Å²) in [6.45, 7) is 12.0. The molecule has 2 aliphatic rings. The van der Waals surface area contributed by atoms with Gasteiger partial charge >= 0.3 is 0 Å². The second-order valence-electron chi connectivity index (χ2n) is 5.52. The van der Waals surface area contributed by atoms with E-state index in [0.717, 1.165) is 23.2 Å². The van der Waals surface area contributed by atoms with E-state index >= 15 is 0 Å². The summed E-state index contributed by atoms with van der Waals surface area (Å²) < 4.78 is 0. The highest BCUT2D eigenvalue weighted by Crippen LogP contribution is 2.87. The Bertz CT molecular complexity index is 175. The Balaban J connectivity index is 2.07. The molecule has 10 heavy (non-hydrogen) atoms. The van der Waals surface area contributed by atoms with Gasteiger partial charge in [0.05, 0.1) is 0 Å². The summed E-state index contributed by atoms with van der Waals surface area (Å²) in [6, 6.07) is 0. The topological polar surface area (TPSA) is 0 Å². The molecule has 2 saturated carbocycles. The molecule has 0 heterocycles. The molecular weight excluding hydrogens is 120 g/mol. The molecule has 4 unspecified atom stereocenters. The summed E-state index contributed by atoms with van der Waals surface area (Å²) in [4.78, 5) is 0. The molecule has 0 N–H and O–H groups in total. The zero-order chi connectivity index (χ0) is 7.73. The summed E-state index contributed by atoms with van der Waals surface area (Å²) in [5.74, 6) is 3.17. The first-order chi connectivity index (χ1) is 4.40. The van der Waals surface area contributed by atoms with Crippen molar-refractivity contribution in [2.45, 2.75) is 34.6 Å². The Hall–Kier alpha value is 0. The quantitative estimate of drug-likeness (QED) is 0.483. The van der Waals surface area contributed by atoms with Gasteiger partial charge in [0, 0.05) is 0 Å². The van der Waals surface area contributed by atoms with Gasteiger partial charge in [0.25, 0.3) is 0 Å². The average molecular weight is 138 g/mol. The smallest absolute Gasteiger partial charge is 0.0227 e. The van der Waals surface area contributed by atoms with E-state index in [1.165, 1.54) is 0 Å². The Kier molecular flexibility index (Phi) is 0.874. The number of hydrogen-bond acceptors (Lipinski definition) is 0. The normalized spacial score (nSPS) is 57.9. The lowest BCUT2D eigenvalue weighted by atomic mass is 9.78. The first kappa shape index (κ1) is 6.69. The van der Waals surface area contributed by atoms with Crippen LogP contribution in [0.5, 0.6) is 0 Å². The second kappa shape index (κ2) is 1.31. The molecule has 0 heteroatoms. The van der Waals surface area contributed by atoms with Crippen molar-refractivity contribution in [2.75, 3.05) is 0 Å². The molecule has 0 aliphatic heterocycles. The van der Waals surface area contributed by atoms with Crippen molar-refractivity contribution >= 4 is 0 Å². The van der Waals surface area contributed by atoms with E-state index in [9.17, 15) is 0 Å². The van der Waals surface area contributed by atoms with Gasteiger partial charge in [0.1, 0.15) is 0 Å². The van der Waals surface area contributed by atoms with Gasteiger partial charge in [-0.3, -0.25) is 0 Å². The molecule has 4 atom stereocenters. The molecule has 0 aromatic carbocycles. The van der Waals surface area contributed by atoms with Gasteiger partial charge in [0.2, 0.25) is 0 Å².